The van der Waals surface area contributed by atoms with Gasteiger partial charge >= 0.3 is 6.36 Å². The summed E-state index contributed by atoms with van der Waals surface area (Å²) in [5.41, 5.74) is 6.92. The highest BCUT2D eigenvalue weighted by atomic mass is 19.4. The summed E-state index contributed by atoms with van der Waals surface area (Å²) in [6.45, 7) is 0. The Morgan fingerprint density at radius 2 is 1.56 bits per heavy atom. The fourth-order valence-electron chi connectivity index (χ4n) is 1.28. The molecule has 0 radical (unpaired) electrons. The second kappa shape index (κ2) is 4.52. The Morgan fingerprint density at radius 3 is 2.00 bits per heavy atom. The summed E-state index contributed by atoms with van der Waals surface area (Å²) in [7, 11) is 0. The van der Waals surface area contributed by atoms with Gasteiger partial charge in [0.15, 0.2) is 0 Å². The monoisotopic (exact) mass is 255 g/mol. The zero-order chi connectivity index (χ0) is 13.2. The first-order valence-electron chi connectivity index (χ1n) is 4.88. The van der Waals surface area contributed by atoms with Crippen LogP contribution in [0.5, 0.6) is 5.75 Å². The quantitative estimate of drug-likeness (QED) is 0.896. The average molecular weight is 255 g/mol. The van der Waals surface area contributed by atoms with Gasteiger partial charge in [-0.1, -0.05) is 0 Å². The second-order valence-electron chi connectivity index (χ2n) is 3.40. The van der Waals surface area contributed by atoms with E-state index in [1.165, 1.54) is 18.3 Å². The fourth-order valence-corrected chi connectivity index (χ4v) is 1.28. The summed E-state index contributed by atoms with van der Waals surface area (Å²) in [5.74, 6) is -0.373. The minimum atomic E-state index is -4.72. The Bertz CT molecular complexity index is 523. The van der Waals surface area contributed by atoms with Gasteiger partial charge in [0.1, 0.15) is 5.75 Å². The molecule has 94 valence electrons. The van der Waals surface area contributed by atoms with E-state index in [0.717, 1.165) is 6.20 Å². The topological polar surface area (TPSA) is 61.0 Å². The number of anilines is 1. The number of halogens is 3. The number of hydrogen-bond acceptors (Lipinski definition) is 4. The predicted octanol–water partition coefficient (Wildman–Crippen LogP) is 2.62. The molecule has 0 saturated heterocycles. The molecule has 0 aromatic carbocycles. The summed E-state index contributed by atoms with van der Waals surface area (Å²) in [4.78, 5) is 7.84. The summed E-state index contributed by atoms with van der Waals surface area (Å²) < 4.78 is 39.5. The SMILES string of the molecule is Nc1ccc(-c2ccc(OC(F)(F)F)cn2)nc1. The molecule has 18 heavy (non-hydrogen) atoms. The third-order valence-electron chi connectivity index (χ3n) is 2.02. The summed E-state index contributed by atoms with van der Waals surface area (Å²) in [5, 5.41) is 0. The highest BCUT2D eigenvalue weighted by Crippen LogP contribution is 2.23. The minimum Gasteiger partial charge on any atom is -0.404 e. The lowest BCUT2D eigenvalue weighted by Gasteiger charge is -2.08. The molecule has 0 aliphatic rings. The van der Waals surface area contributed by atoms with Crippen molar-refractivity contribution in [3.05, 3.63) is 36.7 Å². The lowest BCUT2D eigenvalue weighted by Crippen LogP contribution is -2.17. The molecule has 0 spiro atoms. The van der Waals surface area contributed by atoms with Crippen LogP contribution in [0.2, 0.25) is 0 Å². The minimum absolute atomic E-state index is 0.373. The first-order valence-corrected chi connectivity index (χ1v) is 4.88. The molecular weight excluding hydrogens is 247 g/mol. The largest absolute Gasteiger partial charge is 0.573 e. The molecule has 0 aliphatic heterocycles. The van der Waals surface area contributed by atoms with Gasteiger partial charge in [0.05, 0.1) is 29.5 Å². The Kier molecular flexibility index (Phi) is 3.05. The van der Waals surface area contributed by atoms with Gasteiger partial charge in [-0.25, -0.2) is 0 Å². The van der Waals surface area contributed by atoms with Gasteiger partial charge in [0.2, 0.25) is 0 Å². The van der Waals surface area contributed by atoms with Gasteiger partial charge in [-0.15, -0.1) is 13.2 Å². The lowest BCUT2D eigenvalue weighted by atomic mass is 10.2. The molecule has 0 bridgehead atoms. The van der Waals surface area contributed by atoms with Crippen LogP contribution in [0.1, 0.15) is 0 Å². The van der Waals surface area contributed by atoms with E-state index in [1.807, 2.05) is 0 Å². The van der Waals surface area contributed by atoms with Crippen LogP contribution in [0.15, 0.2) is 36.7 Å². The van der Waals surface area contributed by atoms with Crippen LogP contribution in [0.25, 0.3) is 11.4 Å². The molecule has 0 unspecified atom stereocenters. The summed E-state index contributed by atoms with van der Waals surface area (Å²) in [6.07, 6.45) is -2.29. The van der Waals surface area contributed by atoms with Gasteiger partial charge in [0.25, 0.3) is 0 Å². The van der Waals surface area contributed by atoms with E-state index in [4.69, 9.17) is 5.73 Å². The molecule has 7 heteroatoms. The number of aromatic nitrogens is 2. The van der Waals surface area contributed by atoms with E-state index in [1.54, 1.807) is 12.1 Å². The van der Waals surface area contributed by atoms with Crippen molar-refractivity contribution >= 4 is 5.69 Å². The molecule has 2 aromatic heterocycles. The molecule has 0 atom stereocenters. The highest BCUT2D eigenvalue weighted by molar-refractivity contribution is 5.56. The number of nitrogens with two attached hydrogens (primary N) is 1. The second-order valence-corrected chi connectivity index (χ2v) is 3.40. The molecule has 0 amide bonds. The lowest BCUT2D eigenvalue weighted by molar-refractivity contribution is -0.274. The fraction of sp³-hybridized carbons (Fsp3) is 0.0909. The van der Waals surface area contributed by atoms with Crippen LogP contribution in [-0.2, 0) is 0 Å². The predicted molar refractivity (Wildman–Crippen MR) is 58.6 cm³/mol. The molecule has 2 heterocycles. The number of rotatable bonds is 2. The summed E-state index contributed by atoms with van der Waals surface area (Å²) in [6, 6.07) is 5.82. The zero-order valence-electron chi connectivity index (χ0n) is 8.98. The zero-order valence-corrected chi connectivity index (χ0v) is 8.98. The van der Waals surface area contributed by atoms with Gasteiger partial charge in [0, 0.05) is 0 Å². The number of hydrogen-bond donors (Lipinski definition) is 1. The van der Waals surface area contributed by atoms with Crippen molar-refractivity contribution in [1.82, 2.24) is 9.97 Å². The average Bonchev–Trinajstić information content (AvgIpc) is 2.29. The first-order chi connectivity index (χ1) is 8.44. The maximum atomic E-state index is 11.9. The molecular formula is C11H8F3N3O. The molecule has 2 aromatic rings. The van der Waals surface area contributed by atoms with Gasteiger partial charge in [-0.05, 0) is 24.3 Å². The highest BCUT2D eigenvalue weighted by Gasteiger charge is 2.31. The van der Waals surface area contributed by atoms with Crippen molar-refractivity contribution in [2.24, 2.45) is 0 Å². The first kappa shape index (κ1) is 12.2. The third-order valence-corrected chi connectivity index (χ3v) is 2.02. The van der Waals surface area contributed by atoms with Crippen LogP contribution in [0.3, 0.4) is 0 Å². The molecule has 0 saturated carbocycles. The number of nitrogen functional groups attached to an aromatic ring is 1. The van der Waals surface area contributed by atoms with E-state index in [-0.39, 0.29) is 5.75 Å². The number of pyridine rings is 2. The molecule has 0 aliphatic carbocycles. The van der Waals surface area contributed by atoms with E-state index in [2.05, 4.69) is 14.7 Å². The normalized spacial score (nSPS) is 11.3. The van der Waals surface area contributed by atoms with Crippen molar-refractivity contribution in [3.63, 3.8) is 0 Å². The van der Waals surface area contributed by atoms with Crippen LogP contribution in [0.4, 0.5) is 18.9 Å². The van der Waals surface area contributed by atoms with Crippen LogP contribution in [0, 0.1) is 0 Å². The molecule has 2 N–H and O–H groups in total. The van der Waals surface area contributed by atoms with E-state index in [0.29, 0.717) is 17.1 Å². The maximum Gasteiger partial charge on any atom is 0.573 e. The van der Waals surface area contributed by atoms with E-state index < -0.39 is 6.36 Å². The molecule has 4 nitrogen and oxygen atoms in total. The maximum absolute atomic E-state index is 11.9. The van der Waals surface area contributed by atoms with Gasteiger partial charge in [-0.3, -0.25) is 9.97 Å². The molecule has 0 fully saturated rings. The Labute approximate surface area is 100 Å². The van der Waals surface area contributed by atoms with Crippen LogP contribution >= 0.6 is 0 Å². The number of nitrogens with zero attached hydrogens (tertiary/aromatic N) is 2. The van der Waals surface area contributed by atoms with Gasteiger partial charge < -0.3 is 10.5 Å². The molecule has 2 rings (SSSR count). The van der Waals surface area contributed by atoms with Crippen molar-refractivity contribution in [1.29, 1.82) is 0 Å². The summed E-state index contributed by atoms with van der Waals surface area (Å²) >= 11 is 0. The van der Waals surface area contributed by atoms with Crippen molar-refractivity contribution in [3.8, 4) is 17.1 Å². The Morgan fingerprint density at radius 1 is 0.944 bits per heavy atom. The number of alkyl halides is 3. The Balaban J connectivity index is 2.20. The van der Waals surface area contributed by atoms with Crippen molar-refractivity contribution in [2.75, 3.05) is 5.73 Å². The third kappa shape index (κ3) is 3.09. The van der Waals surface area contributed by atoms with Gasteiger partial charge in [-0.2, -0.15) is 0 Å². The van der Waals surface area contributed by atoms with E-state index >= 15 is 0 Å². The smallest absolute Gasteiger partial charge is 0.404 e. The van der Waals surface area contributed by atoms with Crippen LogP contribution < -0.4 is 10.5 Å². The standard InChI is InChI=1S/C11H8F3N3O/c12-11(13,14)18-8-2-4-10(17-6-8)9-3-1-7(15)5-16-9/h1-6H,15H2. The van der Waals surface area contributed by atoms with Crippen molar-refractivity contribution in [2.45, 2.75) is 6.36 Å². The number of ether oxygens (including phenoxy) is 1. The van der Waals surface area contributed by atoms with Crippen molar-refractivity contribution < 1.29 is 17.9 Å². The Hall–Kier alpha value is -2.31. The van der Waals surface area contributed by atoms with Crippen LogP contribution in [-0.4, -0.2) is 16.3 Å². The van der Waals surface area contributed by atoms with E-state index in [9.17, 15) is 13.2 Å².